The molecule has 0 saturated carbocycles. The van der Waals surface area contributed by atoms with E-state index in [0.717, 1.165) is 38.9 Å². The van der Waals surface area contributed by atoms with Gasteiger partial charge in [0.05, 0.1) is 11.7 Å². The van der Waals surface area contributed by atoms with Gasteiger partial charge in [-0.25, -0.2) is 9.50 Å². The number of ether oxygens (including phenoxy) is 1. The van der Waals surface area contributed by atoms with Crippen molar-refractivity contribution in [3.05, 3.63) is 53.4 Å². The quantitative estimate of drug-likeness (QED) is 0.277. The van der Waals surface area contributed by atoms with Gasteiger partial charge in [0.1, 0.15) is 17.0 Å². The van der Waals surface area contributed by atoms with Crippen LogP contribution in [0.5, 0.6) is 5.75 Å². The summed E-state index contributed by atoms with van der Waals surface area (Å²) < 4.78 is 34.5. The van der Waals surface area contributed by atoms with Gasteiger partial charge in [0.15, 0.2) is 11.5 Å². The maximum absolute atomic E-state index is 13.5. The molecule has 10 nitrogen and oxygen atoms in total. The number of fused-ring (bicyclic) bond motifs is 1. The average Bonchev–Trinajstić information content (AvgIpc) is 3.49. The summed E-state index contributed by atoms with van der Waals surface area (Å²) in [4.78, 5) is 20.2. The van der Waals surface area contributed by atoms with Crippen LogP contribution in [0.3, 0.4) is 0 Å². The van der Waals surface area contributed by atoms with Crippen LogP contribution in [0.4, 0.5) is 20.3 Å². The lowest BCUT2D eigenvalue weighted by Crippen LogP contribution is -2.37. The highest BCUT2D eigenvalue weighted by Gasteiger charge is 2.27. The molecule has 40 heavy (non-hydrogen) atoms. The molecule has 4 aromatic rings. The van der Waals surface area contributed by atoms with Gasteiger partial charge in [-0.1, -0.05) is 31.9 Å². The Kier molecular flexibility index (Phi) is 8.17. The first-order valence-corrected chi connectivity index (χ1v) is 13.6. The van der Waals surface area contributed by atoms with Crippen LogP contribution in [0.25, 0.3) is 16.9 Å². The molecule has 5 rings (SSSR count). The topological polar surface area (TPSA) is 116 Å². The molecule has 212 valence electrons. The Hall–Kier alpha value is -3.77. The number of nitrogens with one attached hydrogen (secondary N) is 1. The lowest BCUT2D eigenvalue weighted by Gasteiger charge is -2.33. The van der Waals surface area contributed by atoms with Gasteiger partial charge in [0.2, 0.25) is 0 Å². The number of halogens is 3. The highest BCUT2D eigenvalue weighted by atomic mass is 35.5. The highest BCUT2D eigenvalue weighted by Crippen LogP contribution is 2.38. The number of benzene rings is 1. The van der Waals surface area contributed by atoms with Crippen molar-refractivity contribution in [2.75, 3.05) is 30.7 Å². The Labute approximate surface area is 235 Å². The Morgan fingerprint density at radius 1 is 1.27 bits per heavy atom. The van der Waals surface area contributed by atoms with Crippen LogP contribution in [0.15, 0.2) is 42.9 Å². The van der Waals surface area contributed by atoms with Crippen LogP contribution in [-0.4, -0.2) is 61.4 Å². The standard InChI is InChI=1S/C27H31ClF2N8O2/c1-3-16(2)14-36-11-7-18(8-12-36)38-15-20(23(34-38)19-13-17(28)5-6-21(19)40-27(29)30)33-26(39)22-24(31)35-37-10-4-9-32-25(22)37/h4-6,9-10,13,15-16,18,27H,3,7-8,11-12,14H2,1-2H3,(H2,31,35)(H,33,39). The second-order valence-electron chi connectivity index (χ2n) is 10.0. The van der Waals surface area contributed by atoms with Gasteiger partial charge in [0.25, 0.3) is 5.91 Å². The molecule has 1 aromatic carbocycles. The Balaban J connectivity index is 1.50. The monoisotopic (exact) mass is 572 g/mol. The number of nitrogens with zero attached hydrogens (tertiary/aromatic N) is 6. The molecule has 0 spiro atoms. The number of nitrogens with two attached hydrogens (primary N) is 1. The minimum atomic E-state index is -3.06. The fourth-order valence-corrected chi connectivity index (χ4v) is 5.17. The fraction of sp³-hybridized carbons (Fsp3) is 0.407. The number of alkyl halides is 2. The predicted molar refractivity (Wildman–Crippen MR) is 149 cm³/mol. The maximum atomic E-state index is 13.5. The maximum Gasteiger partial charge on any atom is 0.387 e. The molecule has 1 amide bonds. The molecule has 1 aliphatic rings. The zero-order valence-electron chi connectivity index (χ0n) is 22.2. The van der Waals surface area contributed by atoms with Crippen LogP contribution >= 0.6 is 11.6 Å². The highest BCUT2D eigenvalue weighted by molar-refractivity contribution is 6.31. The van der Waals surface area contributed by atoms with Crippen molar-refractivity contribution in [3.63, 3.8) is 0 Å². The summed E-state index contributed by atoms with van der Waals surface area (Å²) in [5, 5.41) is 12.1. The van der Waals surface area contributed by atoms with Gasteiger partial charge < -0.3 is 20.7 Å². The third-order valence-electron chi connectivity index (χ3n) is 7.24. The summed E-state index contributed by atoms with van der Waals surface area (Å²) in [7, 11) is 0. The molecule has 1 fully saturated rings. The van der Waals surface area contributed by atoms with E-state index in [1.807, 2.05) is 0 Å². The van der Waals surface area contributed by atoms with Gasteiger partial charge >= 0.3 is 6.61 Å². The van der Waals surface area contributed by atoms with Gasteiger partial charge in [-0.05, 0) is 43.0 Å². The first-order valence-electron chi connectivity index (χ1n) is 13.2. The molecule has 0 bridgehead atoms. The third-order valence-corrected chi connectivity index (χ3v) is 7.48. The summed E-state index contributed by atoms with van der Waals surface area (Å²) in [5.74, 6) is -0.0506. The first kappa shape index (κ1) is 27.8. The van der Waals surface area contributed by atoms with Crippen molar-refractivity contribution in [2.24, 2.45) is 5.92 Å². The first-order chi connectivity index (χ1) is 19.2. The van der Waals surface area contributed by atoms with Gasteiger partial charge in [-0.2, -0.15) is 13.9 Å². The van der Waals surface area contributed by atoms with Crippen LogP contribution in [0, 0.1) is 5.92 Å². The van der Waals surface area contributed by atoms with Crippen molar-refractivity contribution < 1.29 is 18.3 Å². The number of rotatable bonds is 9. The number of likely N-dealkylation sites (tertiary alicyclic amines) is 1. The smallest absolute Gasteiger partial charge is 0.387 e. The zero-order valence-corrected chi connectivity index (χ0v) is 23.0. The normalized spacial score (nSPS) is 15.6. The molecule has 0 aliphatic carbocycles. The van der Waals surface area contributed by atoms with Crippen molar-refractivity contribution >= 4 is 34.7 Å². The molecular weight excluding hydrogens is 542 g/mol. The molecule has 1 saturated heterocycles. The fourth-order valence-electron chi connectivity index (χ4n) is 5.00. The van der Waals surface area contributed by atoms with E-state index in [2.05, 4.69) is 34.1 Å². The number of carbonyl (C=O) groups is 1. The van der Waals surface area contributed by atoms with E-state index in [1.165, 1.54) is 28.9 Å². The number of nitrogen functional groups attached to an aromatic ring is 1. The van der Waals surface area contributed by atoms with Gasteiger partial charge in [-0.3, -0.25) is 9.48 Å². The molecule has 13 heteroatoms. The second-order valence-corrected chi connectivity index (χ2v) is 10.5. The third kappa shape index (κ3) is 5.87. The minimum Gasteiger partial charge on any atom is -0.434 e. The Bertz CT molecular complexity index is 1500. The van der Waals surface area contributed by atoms with E-state index in [1.54, 1.807) is 23.1 Å². The number of hydrogen-bond donors (Lipinski definition) is 2. The molecule has 1 unspecified atom stereocenters. The average molecular weight is 573 g/mol. The number of aromatic nitrogens is 5. The van der Waals surface area contributed by atoms with E-state index in [9.17, 15) is 13.6 Å². The molecule has 1 aliphatic heterocycles. The number of hydrogen-bond acceptors (Lipinski definition) is 7. The molecule has 1 atom stereocenters. The number of carbonyl (C=O) groups excluding carboxylic acids is 1. The van der Waals surface area contributed by atoms with E-state index < -0.39 is 12.5 Å². The Morgan fingerprint density at radius 3 is 2.77 bits per heavy atom. The largest absolute Gasteiger partial charge is 0.434 e. The van der Waals surface area contributed by atoms with E-state index in [-0.39, 0.29) is 40.1 Å². The molecule has 0 radical (unpaired) electrons. The molecular formula is C27H31ClF2N8O2. The van der Waals surface area contributed by atoms with Crippen LogP contribution in [0.2, 0.25) is 5.02 Å². The summed E-state index contributed by atoms with van der Waals surface area (Å²) in [6, 6.07) is 6.02. The SMILES string of the molecule is CCC(C)CN1CCC(n2cc(NC(=O)c3c(N)nn4cccnc34)c(-c3cc(Cl)ccc3OC(F)F)n2)CC1. The summed E-state index contributed by atoms with van der Waals surface area (Å²) in [5.41, 5.74) is 7.19. The lowest BCUT2D eigenvalue weighted by molar-refractivity contribution is -0.0494. The van der Waals surface area contributed by atoms with Gasteiger partial charge in [-0.15, -0.1) is 5.10 Å². The summed E-state index contributed by atoms with van der Waals surface area (Å²) in [6.07, 6.45) is 7.71. The molecule has 3 aromatic heterocycles. The van der Waals surface area contributed by atoms with E-state index in [4.69, 9.17) is 27.2 Å². The zero-order chi connectivity index (χ0) is 28.4. The van der Waals surface area contributed by atoms with E-state index in [0.29, 0.717) is 16.6 Å². The van der Waals surface area contributed by atoms with Crippen molar-refractivity contribution in [3.8, 4) is 17.0 Å². The van der Waals surface area contributed by atoms with Crippen LogP contribution in [-0.2, 0) is 0 Å². The Morgan fingerprint density at radius 2 is 2.05 bits per heavy atom. The van der Waals surface area contributed by atoms with Crippen LogP contribution < -0.4 is 15.8 Å². The molecule has 4 heterocycles. The number of anilines is 2. The summed E-state index contributed by atoms with van der Waals surface area (Å²) >= 11 is 6.25. The van der Waals surface area contributed by atoms with Crippen LogP contribution in [0.1, 0.15) is 49.5 Å². The lowest BCUT2D eigenvalue weighted by atomic mass is 10.0. The number of piperidine rings is 1. The van der Waals surface area contributed by atoms with Crippen molar-refractivity contribution in [2.45, 2.75) is 45.8 Å². The predicted octanol–water partition coefficient (Wildman–Crippen LogP) is 5.37. The molecule has 3 N–H and O–H groups in total. The van der Waals surface area contributed by atoms with Crippen molar-refractivity contribution in [1.29, 1.82) is 0 Å². The minimum absolute atomic E-state index is 0.00306. The van der Waals surface area contributed by atoms with Crippen molar-refractivity contribution in [1.82, 2.24) is 29.3 Å². The van der Waals surface area contributed by atoms with E-state index >= 15 is 0 Å². The summed E-state index contributed by atoms with van der Waals surface area (Å²) in [6.45, 7) is 4.25. The number of amides is 1. The second kappa shape index (κ2) is 11.8. The van der Waals surface area contributed by atoms with Gasteiger partial charge in [0, 0.05) is 48.8 Å².